The lowest BCUT2D eigenvalue weighted by Gasteiger charge is -2.58. The Morgan fingerprint density at radius 3 is 2.14 bits per heavy atom. The van der Waals surface area contributed by atoms with Crippen LogP contribution in [-0.2, 0) is 17.6 Å². The number of aliphatic carboxylic acids is 1. The molecule has 6 nitrogen and oxygen atoms in total. The number of rotatable bonds is 9. The second kappa shape index (κ2) is 11.1. The van der Waals surface area contributed by atoms with Crippen LogP contribution in [0.3, 0.4) is 0 Å². The third kappa shape index (κ3) is 5.91. The molecule has 2 N–H and O–H groups in total. The molecule has 9 heteroatoms. The van der Waals surface area contributed by atoms with Crippen LogP contribution in [-0.4, -0.2) is 29.1 Å². The number of carbonyl (C=O) groups excluding carboxylic acids is 1. The fourth-order valence-corrected chi connectivity index (χ4v) is 8.12. The van der Waals surface area contributed by atoms with Gasteiger partial charge in [0.25, 0.3) is 5.91 Å². The highest BCUT2D eigenvalue weighted by molar-refractivity contribution is 6.05. The van der Waals surface area contributed by atoms with E-state index < -0.39 is 35.1 Å². The fourth-order valence-electron chi connectivity index (χ4n) is 8.12. The monoisotopic (exact) mass is 595 g/mol. The molecule has 1 unspecified atom stereocenters. The van der Waals surface area contributed by atoms with Crippen molar-refractivity contribution in [1.82, 2.24) is 5.32 Å². The normalized spacial score (nSPS) is 25.1. The first kappa shape index (κ1) is 29.3. The van der Waals surface area contributed by atoms with E-state index in [4.69, 9.17) is 9.47 Å². The zero-order valence-electron chi connectivity index (χ0n) is 24.2. The first-order valence-corrected chi connectivity index (χ1v) is 15.0. The number of halogens is 3. The number of carbonyl (C=O) groups is 2. The van der Waals surface area contributed by atoms with E-state index in [2.05, 4.69) is 5.32 Å². The topological polar surface area (TPSA) is 84.9 Å². The Balaban J connectivity index is 1.32. The van der Waals surface area contributed by atoms with Crippen molar-refractivity contribution in [2.24, 2.45) is 23.2 Å². The third-order valence-corrected chi connectivity index (χ3v) is 9.44. The van der Waals surface area contributed by atoms with Crippen LogP contribution in [0.2, 0.25) is 0 Å². The highest BCUT2D eigenvalue weighted by atomic mass is 19.4. The van der Waals surface area contributed by atoms with Gasteiger partial charge >= 0.3 is 12.1 Å². The summed E-state index contributed by atoms with van der Waals surface area (Å²) in [5.74, 6) is 0.831. The maximum atomic E-state index is 13.9. The van der Waals surface area contributed by atoms with Gasteiger partial charge in [-0.15, -0.1) is 0 Å². The summed E-state index contributed by atoms with van der Waals surface area (Å²) in [5.41, 5.74) is -0.554. The molecule has 0 radical (unpaired) electrons. The molecule has 0 spiro atoms. The van der Waals surface area contributed by atoms with Crippen molar-refractivity contribution in [2.75, 3.05) is 0 Å². The van der Waals surface area contributed by atoms with E-state index in [0.717, 1.165) is 56.0 Å². The molecular weight excluding hydrogens is 559 g/mol. The van der Waals surface area contributed by atoms with Crippen molar-refractivity contribution < 1.29 is 37.3 Å². The van der Waals surface area contributed by atoms with E-state index in [1.807, 2.05) is 19.9 Å². The van der Waals surface area contributed by atoms with Crippen LogP contribution in [0.5, 0.6) is 11.5 Å². The van der Waals surface area contributed by atoms with Crippen molar-refractivity contribution in [3.8, 4) is 11.5 Å². The number of fused-ring (bicyclic) bond motifs is 1. The molecule has 4 aliphatic rings. The predicted octanol–water partition coefficient (Wildman–Crippen LogP) is 7.62. The van der Waals surface area contributed by atoms with Gasteiger partial charge in [0.2, 0.25) is 0 Å². The molecule has 3 aromatic rings. The third-order valence-electron chi connectivity index (χ3n) is 9.44. The van der Waals surface area contributed by atoms with Crippen LogP contribution in [0.15, 0.2) is 54.6 Å². The lowest BCUT2D eigenvalue weighted by molar-refractivity contribution is -0.150. The van der Waals surface area contributed by atoms with Crippen molar-refractivity contribution in [3.63, 3.8) is 0 Å². The lowest BCUT2D eigenvalue weighted by atomic mass is 9.47. The molecular formula is C34H36F3NO5. The summed E-state index contributed by atoms with van der Waals surface area (Å²) in [4.78, 5) is 26.6. The summed E-state index contributed by atoms with van der Waals surface area (Å²) in [5, 5.41) is 14.6. The summed E-state index contributed by atoms with van der Waals surface area (Å²) < 4.78 is 51.2. The number of benzene rings is 3. The van der Waals surface area contributed by atoms with Crippen LogP contribution in [0.1, 0.15) is 73.9 Å². The van der Waals surface area contributed by atoms with Gasteiger partial charge in [-0.25, -0.2) is 4.79 Å². The highest BCUT2D eigenvalue weighted by Crippen LogP contribution is 2.61. The molecule has 3 aromatic carbocycles. The number of carboxylic acid groups (broad SMARTS) is 1. The minimum Gasteiger partial charge on any atom is -0.491 e. The van der Waals surface area contributed by atoms with E-state index in [9.17, 15) is 27.9 Å². The van der Waals surface area contributed by atoms with E-state index >= 15 is 0 Å². The molecule has 1 atom stereocenters. The van der Waals surface area contributed by atoms with Gasteiger partial charge in [-0.3, -0.25) is 4.79 Å². The van der Waals surface area contributed by atoms with E-state index in [-0.39, 0.29) is 24.0 Å². The number of ether oxygens (including phenoxy) is 2. The van der Waals surface area contributed by atoms with Crippen LogP contribution in [0.25, 0.3) is 10.8 Å². The molecule has 0 aliphatic heterocycles. The standard InChI is InChI=1S/C34H36F3NO5/c1-19(2)43-26-8-10-27-24(14-26)5-9-28(29(27)42-18-20-3-6-25(7-4-20)34(35,36)37)31(39)38-30(32(40)41)33-15-21-11-22(16-33)13-23(12-21)17-33/h3-10,14,19,21-23,30H,11-13,15-18H2,1-2H3,(H,38,39)(H,40,41). The Morgan fingerprint density at radius 1 is 0.953 bits per heavy atom. The van der Waals surface area contributed by atoms with Crippen molar-refractivity contribution in [2.45, 2.75) is 77.3 Å². The number of nitrogens with one attached hydrogen (secondary N) is 1. The number of alkyl halides is 3. The number of amides is 1. The average Bonchev–Trinajstić information content (AvgIpc) is 2.92. The van der Waals surface area contributed by atoms with Crippen LogP contribution < -0.4 is 14.8 Å². The Morgan fingerprint density at radius 2 is 1.58 bits per heavy atom. The minimum atomic E-state index is -4.45. The summed E-state index contributed by atoms with van der Waals surface area (Å²) in [6.45, 7) is 3.75. The zero-order valence-corrected chi connectivity index (χ0v) is 24.2. The van der Waals surface area contributed by atoms with Crippen molar-refractivity contribution in [1.29, 1.82) is 0 Å². The van der Waals surface area contributed by atoms with Crippen LogP contribution in [0.4, 0.5) is 13.2 Å². The first-order valence-electron chi connectivity index (χ1n) is 15.0. The summed E-state index contributed by atoms with van der Waals surface area (Å²) >= 11 is 0. The Labute approximate surface area is 248 Å². The van der Waals surface area contributed by atoms with Gasteiger partial charge in [0.05, 0.1) is 17.2 Å². The van der Waals surface area contributed by atoms with E-state index in [1.54, 1.807) is 24.3 Å². The van der Waals surface area contributed by atoms with Gasteiger partial charge in [0.15, 0.2) is 0 Å². The molecule has 4 bridgehead atoms. The highest BCUT2D eigenvalue weighted by Gasteiger charge is 2.56. The van der Waals surface area contributed by atoms with Crippen molar-refractivity contribution >= 4 is 22.6 Å². The first-order chi connectivity index (χ1) is 20.4. The van der Waals surface area contributed by atoms with Gasteiger partial charge in [-0.2, -0.15) is 13.2 Å². The zero-order chi connectivity index (χ0) is 30.5. The van der Waals surface area contributed by atoms with Crippen LogP contribution >= 0.6 is 0 Å². The van der Waals surface area contributed by atoms with Gasteiger partial charge in [-0.1, -0.05) is 18.2 Å². The molecule has 4 fully saturated rings. The number of hydrogen-bond donors (Lipinski definition) is 2. The summed E-state index contributed by atoms with van der Waals surface area (Å²) in [6.07, 6.45) is 1.37. The van der Waals surface area contributed by atoms with Gasteiger partial charge < -0.3 is 19.9 Å². The predicted molar refractivity (Wildman–Crippen MR) is 155 cm³/mol. The number of carboxylic acids is 1. The SMILES string of the molecule is CC(C)Oc1ccc2c(OCc3ccc(C(F)(F)F)cc3)c(C(=O)NC(C(=O)O)C34CC5CC(CC(C5)C3)C4)ccc2c1. The maximum Gasteiger partial charge on any atom is 0.416 e. The molecule has 1 amide bonds. The molecule has 0 aromatic heterocycles. The van der Waals surface area contributed by atoms with Crippen molar-refractivity contribution in [3.05, 3.63) is 71.3 Å². The smallest absolute Gasteiger partial charge is 0.416 e. The van der Waals surface area contributed by atoms with Gasteiger partial charge in [0, 0.05) is 10.8 Å². The molecule has 0 heterocycles. The lowest BCUT2D eigenvalue weighted by Crippen LogP contribution is -2.59. The molecule has 7 rings (SSSR count). The fraction of sp³-hybridized carbons (Fsp3) is 0.471. The minimum absolute atomic E-state index is 0.0459. The quantitative estimate of drug-likeness (QED) is 0.266. The Hall–Kier alpha value is -3.75. The molecule has 4 saturated carbocycles. The molecule has 43 heavy (non-hydrogen) atoms. The Kier molecular flexibility index (Phi) is 7.55. The second-order valence-electron chi connectivity index (χ2n) is 13.0. The average molecular weight is 596 g/mol. The van der Waals surface area contributed by atoms with E-state index in [0.29, 0.717) is 34.5 Å². The molecule has 0 saturated heterocycles. The van der Waals surface area contributed by atoms with Crippen LogP contribution in [0, 0.1) is 23.2 Å². The van der Waals surface area contributed by atoms with Gasteiger partial charge in [-0.05, 0) is 117 Å². The molecule has 228 valence electrons. The second-order valence-corrected chi connectivity index (χ2v) is 13.0. The summed E-state index contributed by atoms with van der Waals surface area (Å²) in [6, 6.07) is 12.4. The Bertz CT molecular complexity index is 1500. The maximum absolute atomic E-state index is 13.9. The molecule has 4 aliphatic carbocycles. The summed E-state index contributed by atoms with van der Waals surface area (Å²) in [7, 11) is 0. The van der Waals surface area contributed by atoms with E-state index in [1.165, 1.54) is 12.1 Å². The van der Waals surface area contributed by atoms with Gasteiger partial charge in [0.1, 0.15) is 24.1 Å². The largest absolute Gasteiger partial charge is 0.491 e. The number of hydrogen-bond acceptors (Lipinski definition) is 4.